The molecular formula is C23H23N3OS. The highest BCUT2D eigenvalue weighted by Gasteiger charge is 2.37. The van der Waals surface area contributed by atoms with Gasteiger partial charge in [-0.1, -0.05) is 23.9 Å². The van der Waals surface area contributed by atoms with Crippen LogP contribution < -0.4 is 0 Å². The molecule has 2 heterocycles. The van der Waals surface area contributed by atoms with E-state index in [-0.39, 0.29) is 6.10 Å². The number of nitriles is 1. The average Bonchev–Trinajstić information content (AvgIpc) is 3.14. The maximum Gasteiger partial charge on any atom is 0.110 e. The Bertz CT molecular complexity index is 1010. The fourth-order valence-electron chi connectivity index (χ4n) is 3.83. The average molecular weight is 390 g/mol. The van der Waals surface area contributed by atoms with Gasteiger partial charge in [-0.25, -0.2) is 4.98 Å². The van der Waals surface area contributed by atoms with E-state index in [0.29, 0.717) is 6.61 Å². The van der Waals surface area contributed by atoms with Gasteiger partial charge in [0.05, 0.1) is 17.6 Å². The summed E-state index contributed by atoms with van der Waals surface area (Å²) in [5.41, 5.74) is 1.75. The van der Waals surface area contributed by atoms with Crippen LogP contribution in [0, 0.1) is 18.3 Å². The van der Waals surface area contributed by atoms with E-state index in [1.807, 2.05) is 26.2 Å². The van der Waals surface area contributed by atoms with Gasteiger partial charge in [-0.05, 0) is 68.7 Å². The molecule has 1 fully saturated rings. The van der Waals surface area contributed by atoms with Crippen molar-refractivity contribution in [2.75, 3.05) is 6.61 Å². The Morgan fingerprint density at radius 1 is 1.21 bits per heavy atom. The van der Waals surface area contributed by atoms with Gasteiger partial charge in [0, 0.05) is 34.5 Å². The molecule has 0 spiro atoms. The molecule has 2 atom stereocenters. The highest BCUT2D eigenvalue weighted by atomic mass is 32.2. The zero-order valence-electron chi connectivity index (χ0n) is 16.1. The molecule has 0 N–H and O–H groups in total. The highest BCUT2D eigenvalue weighted by molar-refractivity contribution is 7.99. The number of hydrogen-bond donors (Lipinski definition) is 0. The minimum absolute atomic E-state index is 0.115. The van der Waals surface area contributed by atoms with Crippen LogP contribution in [0.5, 0.6) is 0 Å². The summed E-state index contributed by atoms with van der Waals surface area (Å²) in [7, 11) is 0. The molecule has 0 aliphatic carbocycles. The summed E-state index contributed by atoms with van der Waals surface area (Å²) in [6.07, 6.45) is 5.39. The third kappa shape index (κ3) is 3.71. The summed E-state index contributed by atoms with van der Waals surface area (Å²) in [5.74, 6) is 0.973. The summed E-state index contributed by atoms with van der Waals surface area (Å²) in [5, 5.41) is 9.92. The lowest BCUT2D eigenvalue weighted by Gasteiger charge is -2.35. The lowest BCUT2D eigenvalue weighted by Crippen LogP contribution is -2.36. The molecule has 1 saturated heterocycles. The van der Waals surface area contributed by atoms with Gasteiger partial charge in [0.15, 0.2) is 0 Å². The lowest BCUT2D eigenvalue weighted by atomic mass is 9.74. The Labute approximate surface area is 170 Å². The van der Waals surface area contributed by atoms with Crippen LogP contribution in [0.4, 0.5) is 0 Å². The van der Waals surface area contributed by atoms with E-state index >= 15 is 0 Å². The van der Waals surface area contributed by atoms with Crippen LogP contribution in [0.1, 0.15) is 31.2 Å². The molecule has 0 bridgehead atoms. The topological polar surface area (TPSA) is 50.8 Å². The van der Waals surface area contributed by atoms with E-state index in [4.69, 9.17) is 4.74 Å². The fourth-order valence-corrected chi connectivity index (χ4v) is 4.71. The van der Waals surface area contributed by atoms with Crippen molar-refractivity contribution in [3.8, 4) is 11.8 Å². The normalized spacial score (nSPS) is 22.0. The first-order valence-electron chi connectivity index (χ1n) is 9.51. The van der Waals surface area contributed by atoms with Crippen LogP contribution in [-0.2, 0) is 10.2 Å². The molecule has 1 aromatic heterocycles. The molecule has 5 heteroatoms. The molecule has 142 valence electrons. The van der Waals surface area contributed by atoms with Gasteiger partial charge in [-0.3, -0.25) is 0 Å². The molecule has 0 saturated carbocycles. The van der Waals surface area contributed by atoms with Gasteiger partial charge in [0.1, 0.15) is 5.82 Å². The molecule has 0 radical (unpaired) electrons. The number of aryl methyl sites for hydroxylation is 1. The van der Waals surface area contributed by atoms with Crippen LogP contribution in [0.15, 0.2) is 70.7 Å². The monoisotopic (exact) mass is 389 g/mol. The molecular weight excluding hydrogens is 366 g/mol. The first-order chi connectivity index (χ1) is 13.6. The molecule has 4 rings (SSSR count). The molecule has 2 aromatic carbocycles. The Kier molecular flexibility index (Phi) is 5.25. The van der Waals surface area contributed by atoms with E-state index in [1.165, 1.54) is 4.90 Å². The van der Waals surface area contributed by atoms with Crippen molar-refractivity contribution in [3.63, 3.8) is 0 Å². The van der Waals surface area contributed by atoms with E-state index in [9.17, 15) is 5.26 Å². The number of hydrogen-bond acceptors (Lipinski definition) is 4. The second kappa shape index (κ2) is 7.83. The second-order valence-electron chi connectivity index (χ2n) is 7.30. The summed E-state index contributed by atoms with van der Waals surface area (Å²) in [6.45, 7) is 4.69. The molecule has 0 unspecified atom stereocenters. The van der Waals surface area contributed by atoms with Gasteiger partial charge in [-0.15, -0.1) is 0 Å². The minimum atomic E-state index is -0.447. The first kappa shape index (κ1) is 18.8. The van der Waals surface area contributed by atoms with E-state index in [0.717, 1.165) is 34.8 Å². The summed E-state index contributed by atoms with van der Waals surface area (Å²) in [4.78, 5) is 6.60. The molecule has 0 amide bonds. The molecule has 1 aliphatic rings. The predicted octanol–water partition coefficient (Wildman–Crippen LogP) is 5.29. The lowest BCUT2D eigenvalue weighted by molar-refractivity contribution is 0.00349. The summed E-state index contributed by atoms with van der Waals surface area (Å²) >= 11 is 1.72. The van der Waals surface area contributed by atoms with Crippen molar-refractivity contribution in [2.24, 2.45) is 0 Å². The Morgan fingerprint density at radius 3 is 2.71 bits per heavy atom. The largest absolute Gasteiger partial charge is 0.378 e. The molecule has 28 heavy (non-hydrogen) atoms. The minimum Gasteiger partial charge on any atom is -0.378 e. The number of ether oxygens (including phenoxy) is 1. The number of imidazole rings is 1. The van der Waals surface area contributed by atoms with Gasteiger partial charge in [0.25, 0.3) is 0 Å². The molecule has 3 aromatic rings. The van der Waals surface area contributed by atoms with E-state index in [1.54, 1.807) is 11.8 Å². The Morgan fingerprint density at radius 2 is 2.04 bits per heavy atom. The molecule has 4 nitrogen and oxygen atoms in total. The Hall–Kier alpha value is -2.55. The van der Waals surface area contributed by atoms with Gasteiger partial charge >= 0.3 is 0 Å². The van der Waals surface area contributed by atoms with Crippen LogP contribution in [0.25, 0.3) is 5.69 Å². The van der Waals surface area contributed by atoms with Crippen molar-refractivity contribution in [2.45, 2.75) is 48.0 Å². The number of rotatable bonds is 4. The number of benzene rings is 2. The fraction of sp³-hybridized carbons (Fsp3) is 0.304. The SMILES string of the molecule is Cc1nccn1-c1ccc(Sc2cccc([C@]3(C#N)CCO[C@@H](C)C3)c2)cc1. The van der Waals surface area contributed by atoms with Crippen LogP contribution in [-0.4, -0.2) is 22.3 Å². The van der Waals surface area contributed by atoms with E-state index in [2.05, 4.69) is 64.2 Å². The van der Waals surface area contributed by atoms with Crippen LogP contribution in [0.3, 0.4) is 0 Å². The summed E-state index contributed by atoms with van der Waals surface area (Å²) in [6, 6.07) is 19.5. The standard InChI is InChI=1S/C23H23N3OS/c1-17-15-23(16-24,10-13-27-17)19-4-3-5-22(14-19)28-21-8-6-20(7-9-21)26-12-11-25-18(26)2/h3-9,11-12,14,17H,10,13,15H2,1-2H3/t17-,23+/m0/s1. The van der Waals surface area contributed by atoms with Crippen molar-refractivity contribution in [3.05, 3.63) is 72.3 Å². The highest BCUT2D eigenvalue weighted by Crippen LogP contribution is 2.39. The van der Waals surface area contributed by atoms with Gasteiger partial charge in [0.2, 0.25) is 0 Å². The third-order valence-corrected chi connectivity index (χ3v) is 6.34. The van der Waals surface area contributed by atoms with Crippen LogP contribution >= 0.6 is 11.8 Å². The second-order valence-corrected chi connectivity index (χ2v) is 8.44. The van der Waals surface area contributed by atoms with Gasteiger partial charge < -0.3 is 9.30 Å². The third-order valence-electron chi connectivity index (χ3n) is 5.34. The van der Waals surface area contributed by atoms with E-state index < -0.39 is 5.41 Å². The quantitative estimate of drug-likeness (QED) is 0.608. The number of nitrogens with zero attached hydrogens (tertiary/aromatic N) is 3. The van der Waals surface area contributed by atoms with Crippen molar-refractivity contribution >= 4 is 11.8 Å². The first-order valence-corrected chi connectivity index (χ1v) is 10.3. The Balaban J connectivity index is 1.55. The molecule has 1 aliphatic heterocycles. The van der Waals surface area contributed by atoms with Crippen LogP contribution in [0.2, 0.25) is 0 Å². The number of aromatic nitrogens is 2. The predicted molar refractivity (Wildman–Crippen MR) is 111 cm³/mol. The maximum atomic E-state index is 9.92. The van der Waals surface area contributed by atoms with Crippen molar-refractivity contribution in [1.82, 2.24) is 9.55 Å². The van der Waals surface area contributed by atoms with Gasteiger partial charge in [-0.2, -0.15) is 5.26 Å². The zero-order valence-corrected chi connectivity index (χ0v) is 16.9. The summed E-state index contributed by atoms with van der Waals surface area (Å²) < 4.78 is 7.74. The zero-order chi connectivity index (χ0) is 19.6. The maximum absolute atomic E-state index is 9.92. The smallest absolute Gasteiger partial charge is 0.110 e. The van der Waals surface area contributed by atoms with Crippen molar-refractivity contribution < 1.29 is 4.74 Å². The van der Waals surface area contributed by atoms with Crippen molar-refractivity contribution in [1.29, 1.82) is 5.26 Å².